The molecule has 2 atom stereocenters. The third kappa shape index (κ3) is 4.52. The van der Waals surface area contributed by atoms with Gasteiger partial charge in [-0.3, -0.25) is 0 Å². The Hall–Kier alpha value is -0.760. The SMILES string of the molecule is CCCC(C)Cn1ccc(CC(C)N)c1. The summed E-state index contributed by atoms with van der Waals surface area (Å²) in [5.74, 6) is 0.769. The van der Waals surface area contributed by atoms with Crippen LogP contribution in [0.5, 0.6) is 0 Å². The van der Waals surface area contributed by atoms with Crippen LogP contribution < -0.4 is 5.73 Å². The third-order valence-electron chi connectivity index (χ3n) is 2.67. The van der Waals surface area contributed by atoms with Crippen molar-refractivity contribution < 1.29 is 0 Å². The maximum absolute atomic E-state index is 5.77. The minimum atomic E-state index is 0.258. The zero-order valence-corrected chi connectivity index (χ0v) is 10.2. The monoisotopic (exact) mass is 208 g/mol. The molecule has 0 fully saturated rings. The molecule has 0 saturated carbocycles. The van der Waals surface area contributed by atoms with Crippen molar-refractivity contribution in [1.29, 1.82) is 0 Å². The Balaban J connectivity index is 2.45. The quantitative estimate of drug-likeness (QED) is 0.765. The first-order valence-corrected chi connectivity index (χ1v) is 6.02. The summed E-state index contributed by atoms with van der Waals surface area (Å²) in [5, 5.41) is 0. The molecule has 0 radical (unpaired) electrons. The maximum atomic E-state index is 5.77. The first-order chi connectivity index (χ1) is 7.11. The second-order valence-corrected chi connectivity index (χ2v) is 4.79. The zero-order valence-electron chi connectivity index (χ0n) is 10.2. The average molecular weight is 208 g/mol. The molecule has 1 rings (SSSR count). The Bertz CT molecular complexity index is 276. The Morgan fingerprint density at radius 3 is 2.73 bits per heavy atom. The van der Waals surface area contributed by atoms with Crippen molar-refractivity contribution in [2.24, 2.45) is 11.7 Å². The van der Waals surface area contributed by atoms with E-state index in [1.165, 1.54) is 18.4 Å². The van der Waals surface area contributed by atoms with Crippen molar-refractivity contribution in [3.8, 4) is 0 Å². The van der Waals surface area contributed by atoms with Crippen LogP contribution >= 0.6 is 0 Å². The van der Waals surface area contributed by atoms with E-state index in [9.17, 15) is 0 Å². The summed E-state index contributed by atoms with van der Waals surface area (Å²) in [6, 6.07) is 2.44. The van der Waals surface area contributed by atoms with Gasteiger partial charge in [0.05, 0.1) is 0 Å². The van der Waals surface area contributed by atoms with Crippen LogP contribution in [0.4, 0.5) is 0 Å². The van der Waals surface area contributed by atoms with E-state index in [4.69, 9.17) is 5.73 Å². The number of nitrogens with two attached hydrogens (primary N) is 1. The Morgan fingerprint density at radius 1 is 1.40 bits per heavy atom. The number of aromatic nitrogens is 1. The lowest BCUT2D eigenvalue weighted by Crippen LogP contribution is -2.17. The fourth-order valence-electron chi connectivity index (χ4n) is 2.04. The van der Waals surface area contributed by atoms with Crippen molar-refractivity contribution in [2.45, 2.75) is 52.6 Å². The standard InChI is InChI=1S/C13H24N2/c1-4-5-11(2)9-15-7-6-13(10-15)8-12(3)14/h6-7,10-12H,4-5,8-9,14H2,1-3H3. The molecule has 0 saturated heterocycles. The van der Waals surface area contributed by atoms with Crippen molar-refractivity contribution in [2.75, 3.05) is 0 Å². The molecule has 2 nitrogen and oxygen atoms in total. The molecular weight excluding hydrogens is 184 g/mol. The van der Waals surface area contributed by atoms with Crippen LogP contribution in [-0.2, 0) is 13.0 Å². The largest absolute Gasteiger partial charge is 0.354 e. The minimum absolute atomic E-state index is 0.258. The highest BCUT2D eigenvalue weighted by Crippen LogP contribution is 2.11. The van der Waals surface area contributed by atoms with Crippen molar-refractivity contribution >= 4 is 0 Å². The highest BCUT2D eigenvalue weighted by Gasteiger charge is 2.04. The molecule has 2 heteroatoms. The molecule has 86 valence electrons. The Morgan fingerprint density at radius 2 is 2.13 bits per heavy atom. The molecular formula is C13H24N2. The number of hydrogen-bond acceptors (Lipinski definition) is 1. The predicted octanol–water partition coefficient (Wildman–Crippen LogP) is 2.81. The van der Waals surface area contributed by atoms with Gasteiger partial charge in [0.25, 0.3) is 0 Å². The van der Waals surface area contributed by atoms with Gasteiger partial charge in [0.15, 0.2) is 0 Å². The predicted molar refractivity (Wildman–Crippen MR) is 65.9 cm³/mol. The van der Waals surface area contributed by atoms with E-state index in [2.05, 4.69) is 43.8 Å². The number of hydrogen-bond donors (Lipinski definition) is 1. The van der Waals surface area contributed by atoms with E-state index < -0.39 is 0 Å². The average Bonchev–Trinajstić information content (AvgIpc) is 2.51. The molecule has 15 heavy (non-hydrogen) atoms. The van der Waals surface area contributed by atoms with Crippen LogP contribution in [-0.4, -0.2) is 10.6 Å². The van der Waals surface area contributed by atoms with Crippen LogP contribution in [0.15, 0.2) is 18.5 Å². The van der Waals surface area contributed by atoms with Crippen molar-refractivity contribution in [1.82, 2.24) is 4.57 Å². The van der Waals surface area contributed by atoms with E-state index in [0.717, 1.165) is 18.9 Å². The Kier molecular flexibility index (Phi) is 4.89. The summed E-state index contributed by atoms with van der Waals surface area (Å²) >= 11 is 0. The van der Waals surface area contributed by atoms with Gasteiger partial charge < -0.3 is 10.3 Å². The molecule has 0 aliphatic rings. The van der Waals surface area contributed by atoms with E-state index >= 15 is 0 Å². The van der Waals surface area contributed by atoms with Gasteiger partial charge in [0.1, 0.15) is 0 Å². The fraction of sp³-hybridized carbons (Fsp3) is 0.692. The lowest BCUT2D eigenvalue weighted by molar-refractivity contribution is 0.446. The van der Waals surface area contributed by atoms with Crippen LogP contribution in [0, 0.1) is 5.92 Å². The molecule has 0 spiro atoms. The molecule has 2 unspecified atom stereocenters. The molecule has 2 N–H and O–H groups in total. The van der Waals surface area contributed by atoms with Crippen LogP contribution in [0.25, 0.3) is 0 Å². The van der Waals surface area contributed by atoms with Gasteiger partial charge >= 0.3 is 0 Å². The lowest BCUT2D eigenvalue weighted by atomic mass is 10.1. The van der Waals surface area contributed by atoms with Gasteiger partial charge in [-0.05, 0) is 37.3 Å². The topological polar surface area (TPSA) is 30.9 Å². The lowest BCUT2D eigenvalue weighted by Gasteiger charge is -2.10. The van der Waals surface area contributed by atoms with E-state index in [-0.39, 0.29) is 6.04 Å². The second-order valence-electron chi connectivity index (χ2n) is 4.79. The van der Waals surface area contributed by atoms with Crippen LogP contribution in [0.1, 0.15) is 39.2 Å². The first kappa shape index (κ1) is 12.3. The maximum Gasteiger partial charge on any atom is 0.0245 e. The number of nitrogens with zero attached hydrogens (tertiary/aromatic N) is 1. The molecule has 0 amide bonds. The molecule has 1 heterocycles. The van der Waals surface area contributed by atoms with E-state index in [0.29, 0.717) is 0 Å². The summed E-state index contributed by atoms with van der Waals surface area (Å²) < 4.78 is 2.29. The van der Waals surface area contributed by atoms with Crippen LogP contribution in [0.3, 0.4) is 0 Å². The van der Waals surface area contributed by atoms with Gasteiger partial charge in [-0.25, -0.2) is 0 Å². The first-order valence-electron chi connectivity index (χ1n) is 6.02. The summed E-state index contributed by atoms with van der Waals surface area (Å²) in [7, 11) is 0. The van der Waals surface area contributed by atoms with Gasteiger partial charge in [-0.15, -0.1) is 0 Å². The molecule has 1 aromatic rings. The summed E-state index contributed by atoms with van der Waals surface area (Å²) in [6.07, 6.45) is 7.96. The molecule has 0 bridgehead atoms. The molecule has 0 aromatic carbocycles. The zero-order chi connectivity index (χ0) is 11.3. The van der Waals surface area contributed by atoms with E-state index in [1.54, 1.807) is 0 Å². The van der Waals surface area contributed by atoms with Crippen LogP contribution in [0.2, 0.25) is 0 Å². The van der Waals surface area contributed by atoms with Gasteiger partial charge in [0, 0.05) is 25.0 Å². The highest BCUT2D eigenvalue weighted by molar-refractivity contribution is 5.11. The van der Waals surface area contributed by atoms with Gasteiger partial charge in [0.2, 0.25) is 0 Å². The minimum Gasteiger partial charge on any atom is -0.354 e. The molecule has 0 aliphatic heterocycles. The van der Waals surface area contributed by atoms with Crippen molar-refractivity contribution in [3.05, 3.63) is 24.0 Å². The molecule has 0 aliphatic carbocycles. The molecule has 1 aromatic heterocycles. The number of rotatable bonds is 6. The second kappa shape index (κ2) is 5.96. The highest BCUT2D eigenvalue weighted by atomic mass is 14.9. The summed E-state index contributed by atoms with van der Waals surface area (Å²) in [4.78, 5) is 0. The fourth-order valence-corrected chi connectivity index (χ4v) is 2.04. The van der Waals surface area contributed by atoms with Crippen molar-refractivity contribution in [3.63, 3.8) is 0 Å². The van der Waals surface area contributed by atoms with Gasteiger partial charge in [-0.2, -0.15) is 0 Å². The normalized spacial score (nSPS) is 15.2. The Labute approximate surface area is 93.5 Å². The smallest absolute Gasteiger partial charge is 0.0245 e. The third-order valence-corrected chi connectivity index (χ3v) is 2.67. The van der Waals surface area contributed by atoms with Gasteiger partial charge in [-0.1, -0.05) is 20.3 Å². The van der Waals surface area contributed by atoms with E-state index in [1.807, 2.05) is 0 Å². The summed E-state index contributed by atoms with van der Waals surface area (Å²) in [6.45, 7) is 7.74. The summed E-state index contributed by atoms with van der Waals surface area (Å²) in [5.41, 5.74) is 7.13.